The van der Waals surface area contributed by atoms with Crippen molar-refractivity contribution in [3.63, 3.8) is 0 Å². The maximum atomic E-state index is 13.2. The van der Waals surface area contributed by atoms with E-state index in [9.17, 15) is 29.1 Å². The van der Waals surface area contributed by atoms with E-state index in [0.29, 0.717) is 18.6 Å². The lowest BCUT2D eigenvalue weighted by Gasteiger charge is -2.28. The maximum absolute atomic E-state index is 13.2. The number of guanidine groups is 1. The van der Waals surface area contributed by atoms with Gasteiger partial charge in [0.1, 0.15) is 18.1 Å². The quantitative estimate of drug-likeness (QED) is 0.0528. The molecule has 5 atom stereocenters. The van der Waals surface area contributed by atoms with Crippen LogP contribution < -0.4 is 33.2 Å². The highest BCUT2D eigenvalue weighted by atomic mass is 32.2. The van der Waals surface area contributed by atoms with Crippen molar-refractivity contribution in [3.8, 4) is 0 Å². The number of nitrogens with zero attached hydrogens (tertiary/aromatic N) is 1. The third kappa shape index (κ3) is 14.3. The van der Waals surface area contributed by atoms with Crippen molar-refractivity contribution in [3.05, 3.63) is 0 Å². The number of amides is 3. The van der Waals surface area contributed by atoms with Crippen LogP contribution in [0.15, 0.2) is 4.99 Å². The van der Waals surface area contributed by atoms with Crippen LogP contribution in [0, 0.1) is 5.92 Å². The van der Waals surface area contributed by atoms with Crippen LogP contribution in [0.4, 0.5) is 0 Å². The first kappa shape index (κ1) is 33.9. The third-order valence-corrected chi connectivity index (χ3v) is 6.25. The predicted octanol–water partition coefficient (Wildman–Crippen LogP) is -1.43. The molecule has 0 aromatic carbocycles. The molecule has 0 radical (unpaired) electrons. The van der Waals surface area contributed by atoms with Gasteiger partial charge in [-0.25, -0.2) is 4.79 Å². The summed E-state index contributed by atoms with van der Waals surface area (Å²) in [4.78, 5) is 64.9. The number of hydrogen-bond donors (Lipinski definition) is 8. The SMILES string of the molecule is CCC(C)C(NC(=O)C(N)CCC(=O)O)C(=O)NC(CCCN=C(N)N)C(=O)NC(CCSC)C(=O)O. The third-order valence-electron chi connectivity index (χ3n) is 5.60. The molecule has 0 aliphatic heterocycles. The zero-order valence-electron chi connectivity index (χ0n) is 21.6. The Kier molecular flexibility index (Phi) is 16.7. The Morgan fingerprint density at radius 3 is 2.05 bits per heavy atom. The zero-order chi connectivity index (χ0) is 28.5. The van der Waals surface area contributed by atoms with Gasteiger partial charge in [-0.3, -0.25) is 24.2 Å². The lowest BCUT2D eigenvalue weighted by atomic mass is 9.96. The molecule has 0 heterocycles. The molecule has 37 heavy (non-hydrogen) atoms. The molecule has 0 aliphatic rings. The molecule has 0 fully saturated rings. The molecule has 212 valence electrons. The van der Waals surface area contributed by atoms with Gasteiger partial charge in [0, 0.05) is 13.0 Å². The second-order valence-corrected chi connectivity index (χ2v) is 9.59. The topological polar surface area (TPSA) is 252 Å². The molecular weight excluding hydrogens is 506 g/mol. The molecule has 0 rings (SSSR count). The number of rotatable bonds is 19. The number of hydrogen-bond acceptors (Lipinski definition) is 8. The van der Waals surface area contributed by atoms with Crippen LogP contribution in [-0.4, -0.2) is 88.6 Å². The number of nitrogens with one attached hydrogen (secondary N) is 3. The normalized spacial score (nSPS) is 14.8. The fraction of sp³-hybridized carbons (Fsp3) is 0.727. The highest BCUT2D eigenvalue weighted by Gasteiger charge is 2.32. The Labute approximate surface area is 220 Å². The highest BCUT2D eigenvalue weighted by Crippen LogP contribution is 2.11. The van der Waals surface area contributed by atoms with Crippen LogP contribution >= 0.6 is 11.8 Å². The van der Waals surface area contributed by atoms with Gasteiger partial charge in [-0.05, 0) is 43.6 Å². The molecule has 0 aromatic heterocycles. The van der Waals surface area contributed by atoms with Crippen molar-refractivity contribution in [2.45, 2.75) is 76.5 Å². The van der Waals surface area contributed by atoms with Gasteiger partial charge in [-0.15, -0.1) is 0 Å². The standard InChI is InChI=1S/C22H41N7O7S/c1-4-12(2)17(29-18(32)13(23)7-8-16(30)31)20(34)27-14(6-5-10-26-22(24)25)19(33)28-15(21(35)36)9-11-37-3/h12-15,17H,4-11,23H2,1-3H3,(H,27,34)(H,28,33)(H,29,32)(H,30,31)(H,35,36)(H4,24,25,26). The molecule has 15 heteroatoms. The van der Waals surface area contributed by atoms with Crippen LogP contribution in [0.3, 0.4) is 0 Å². The zero-order valence-corrected chi connectivity index (χ0v) is 22.4. The summed E-state index contributed by atoms with van der Waals surface area (Å²) in [5, 5.41) is 25.9. The van der Waals surface area contributed by atoms with Crippen molar-refractivity contribution >= 4 is 47.4 Å². The smallest absolute Gasteiger partial charge is 0.326 e. The first-order valence-corrected chi connectivity index (χ1v) is 13.4. The van der Waals surface area contributed by atoms with E-state index in [1.54, 1.807) is 6.92 Å². The molecular formula is C22H41N7O7S. The van der Waals surface area contributed by atoms with Crippen molar-refractivity contribution in [1.82, 2.24) is 16.0 Å². The van der Waals surface area contributed by atoms with E-state index in [4.69, 9.17) is 22.3 Å². The lowest BCUT2D eigenvalue weighted by Crippen LogP contribution is -2.58. The Hall–Kier alpha value is -3.07. The summed E-state index contributed by atoms with van der Waals surface area (Å²) in [5.41, 5.74) is 16.4. The number of carbonyl (C=O) groups excluding carboxylic acids is 3. The van der Waals surface area contributed by atoms with E-state index in [1.165, 1.54) is 11.8 Å². The summed E-state index contributed by atoms with van der Waals surface area (Å²) in [6.07, 6.45) is 2.48. The Balaban J connectivity index is 5.63. The summed E-state index contributed by atoms with van der Waals surface area (Å²) >= 11 is 1.43. The molecule has 0 aromatic rings. The van der Waals surface area contributed by atoms with Crippen molar-refractivity contribution < 1.29 is 34.2 Å². The molecule has 0 saturated carbocycles. The van der Waals surface area contributed by atoms with Gasteiger partial charge in [0.15, 0.2) is 5.96 Å². The highest BCUT2D eigenvalue weighted by molar-refractivity contribution is 7.98. The van der Waals surface area contributed by atoms with Crippen LogP contribution in [0.5, 0.6) is 0 Å². The molecule has 0 bridgehead atoms. The number of nitrogens with two attached hydrogens (primary N) is 3. The predicted molar refractivity (Wildman–Crippen MR) is 141 cm³/mol. The van der Waals surface area contributed by atoms with E-state index in [1.807, 2.05) is 13.2 Å². The summed E-state index contributed by atoms with van der Waals surface area (Å²) in [7, 11) is 0. The number of carbonyl (C=O) groups is 5. The lowest BCUT2D eigenvalue weighted by molar-refractivity contribution is -0.142. The fourth-order valence-corrected chi connectivity index (χ4v) is 3.64. The van der Waals surface area contributed by atoms with Gasteiger partial charge < -0.3 is 43.4 Å². The van der Waals surface area contributed by atoms with Crippen LogP contribution in [0.25, 0.3) is 0 Å². The second kappa shape index (κ2) is 18.2. The van der Waals surface area contributed by atoms with Crippen molar-refractivity contribution in [2.24, 2.45) is 28.1 Å². The van der Waals surface area contributed by atoms with E-state index < -0.39 is 53.8 Å². The van der Waals surface area contributed by atoms with Gasteiger partial charge in [-0.1, -0.05) is 20.3 Å². The number of thioether (sulfide) groups is 1. The van der Waals surface area contributed by atoms with Crippen LogP contribution in [0.2, 0.25) is 0 Å². The van der Waals surface area contributed by atoms with Crippen LogP contribution in [0.1, 0.15) is 52.4 Å². The van der Waals surface area contributed by atoms with E-state index in [2.05, 4.69) is 20.9 Å². The van der Waals surface area contributed by atoms with Gasteiger partial charge in [0.25, 0.3) is 0 Å². The van der Waals surface area contributed by atoms with E-state index in [-0.39, 0.29) is 44.1 Å². The fourth-order valence-electron chi connectivity index (χ4n) is 3.17. The van der Waals surface area contributed by atoms with Crippen molar-refractivity contribution in [1.29, 1.82) is 0 Å². The summed E-state index contributed by atoms with van der Waals surface area (Å²) in [6, 6.07) is -4.47. The molecule has 0 saturated heterocycles. The first-order valence-electron chi connectivity index (χ1n) is 12.0. The molecule has 5 unspecified atom stereocenters. The second-order valence-electron chi connectivity index (χ2n) is 8.60. The molecule has 11 N–H and O–H groups in total. The summed E-state index contributed by atoms with van der Waals surface area (Å²) in [6.45, 7) is 3.72. The average molecular weight is 548 g/mol. The van der Waals surface area contributed by atoms with E-state index in [0.717, 1.165) is 0 Å². The number of carboxylic acid groups (broad SMARTS) is 2. The summed E-state index contributed by atoms with van der Waals surface area (Å²) in [5.74, 6) is -4.34. The summed E-state index contributed by atoms with van der Waals surface area (Å²) < 4.78 is 0. The Bertz CT molecular complexity index is 808. The first-order chi connectivity index (χ1) is 17.3. The largest absolute Gasteiger partial charge is 0.481 e. The van der Waals surface area contributed by atoms with E-state index >= 15 is 0 Å². The van der Waals surface area contributed by atoms with Gasteiger partial charge in [0.2, 0.25) is 17.7 Å². The number of aliphatic imine (C=N–C) groups is 1. The van der Waals surface area contributed by atoms with Crippen molar-refractivity contribution in [2.75, 3.05) is 18.6 Å². The Morgan fingerprint density at radius 1 is 0.919 bits per heavy atom. The average Bonchev–Trinajstić information content (AvgIpc) is 2.83. The molecule has 14 nitrogen and oxygen atoms in total. The minimum absolute atomic E-state index is 0.0997. The minimum atomic E-state index is -1.20. The van der Waals surface area contributed by atoms with Gasteiger partial charge in [-0.2, -0.15) is 11.8 Å². The number of carboxylic acids is 2. The molecule has 0 aliphatic carbocycles. The van der Waals surface area contributed by atoms with Crippen LogP contribution in [-0.2, 0) is 24.0 Å². The maximum Gasteiger partial charge on any atom is 0.326 e. The van der Waals surface area contributed by atoms with Gasteiger partial charge in [0.05, 0.1) is 6.04 Å². The molecule has 0 spiro atoms. The number of aliphatic carboxylic acids is 2. The molecule has 3 amide bonds. The minimum Gasteiger partial charge on any atom is -0.481 e. The Morgan fingerprint density at radius 2 is 1.54 bits per heavy atom. The monoisotopic (exact) mass is 547 g/mol. The van der Waals surface area contributed by atoms with Gasteiger partial charge >= 0.3 is 11.9 Å².